The highest BCUT2D eigenvalue weighted by Gasteiger charge is 2.29. The van der Waals surface area contributed by atoms with Crippen LogP contribution in [0.3, 0.4) is 0 Å². The zero-order chi connectivity index (χ0) is 28.2. The Labute approximate surface area is 228 Å². The molecule has 0 saturated heterocycles. The largest absolute Gasteiger partial charge is 0.491 e. The first-order valence-electron chi connectivity index (χ1n) is 12.7. The number of halogens is 3. The van der Waals surface area contributed by atoms with E-state index in [2.05, 4.69) is 36.2 Å². The van der Waals surface area contributed by atoms with Crippen LogP contribution in [0.15, 0.2) is 48.5 Å². The van der Waals surface area contributed by atoms with Crippen LogP contribution in [0.2, 0.25) is 0 Å². The third-order valence-corrected chi connectivity index (χ3v) is 5.49. The molecule has 3 aromatic rings. The van der Waals surface area contributed by atoms with Gasteiger partial charge in [-0.15, -0.1) is 0 Å². The van der Waals surface area contributed by atoms with Gasteiger partial charge < -0.3 is 35.5 Å². The predicted octanol–water partition coefficient (Wildman–Crippen LogP) is 3.29. The maximum absolute atomic E-state index is 12.7. The maximum Gasteiger partial charge on any atom is 0.422 e. The lowest BCUT2D eigenvalue weighted by Gasteiger charge is -2.13. The smallest absolute Gasteiger partial charge is 0.422 e. The van der Waals surface area contributed by atoms with Gasteiger partial charge >= 0.3 is 12.2 Å². The number of alkyl halides is 3. The van der Waals surface area contributed by atoms with Crippen molar-refractivity contribution in [2.24, 2.45) is 0 Å². The molecule has 0 fully saturated rings. The Morgan fingerprint density at radius 1 is 0.850 bits per heavy atom. The van der Waals surface area contributed by atoms with E-state index in [4.69, 9.17) is 14.2 Å². The standard InChI is InChI=1S/C26H30F3N7O4/c27-26(28,29)17-40-25-35-23-32-16-18-2-8-21(9-3-18)39-15-14-38-13-12-30-10-1-11-31-22(37)19-4-6-20(7-5-19)33-24(34-23)36-25/h2-9,30H,1,10-17H2,(H,31,37)(H2,32,33,34,35,36). The lowest BCUT2D eigenvalue weighted by molar-refractivity contribution is -0.154. The first-order valence-corrected chi connectivity index (χ1v) is 12.7. The molecule has 40 heavy (non-hydrogen) atoms. The number of hydrogen-bond donors (Lipinski definition) is 4. The molecule has 0 saturated carbocycles. The number of rotatable bonds is 2. The lowest BCUT2D eigenvalue weighted by atomic mass is 10.2. The first-order chi connectivity index (χ1) is 19.3. The minimum absolute atomic E-state index is 0.0130. The average molecular weight is 562 g/mol. The summed E-state index contributed by atoms with van der Waals surface area (Å²) < 4.78 is 54.2. The van der Waals surface area contributed by atoms with Crippen molar-refractivity contribution in [3.05, 3.63) is 59.7 Å². The second-order valence-electron chi connectivity index (χ2n) is 8.69. The molecule has 0 aliphatic carbocycles. The quantitative estimate of drug-likeness (QED) is 0.370. The fourth-order valence-corrected chi connectivity index (χ4v) is 3.53. The second-order valence-corrected chi connectivity index (χ2v) is 8.69. The highest BCUT2D eigenvalue weighted by Crippen LogP contribution is 2.21. The Bertz CT molecular complexity index is 1230. The highest BCUT2D eigenvalue weighted by molar-refractivity contribution is 5.94. The summed E-state index contributed by atoms with van der Waals surface area (Å²) in [7, 11) is 0. The number of benzene rings is 2. The van der Waals surface area contributed by atoms with Gasteiger partial charge in [-0.25, -0.2) is 0 Å². The van der Waals surface area contributed by atoms with Crippen molar-refractivity contribution < 1.29 is 32.2 Å². The first kappa shape index (κ1) is 28.8. The van der Waals surface area contributed by atoms with Crippen LogP contribution < -0.4 is 30.7 Å². The Morgan fingerprint density at radius 2 is 1.62 bits per heavy atom. The molecular formula is C26H30F3N7O4. The van der Waals surface area contributed by atoms with Gasteiger partial charge in [-0.2, -0.15) is 28.1 Å². The van der Waals surface area contributed by atoms with Crippen LogP contribution in [0.4, 0.5) is 30.8 Å². The van der Waals surface area contributed by atoms with E-state index >= 15 is 0 Å². The van der Waals surface area contributed by atoms with Crippen molar-refractivity contribution in [3.63, 3.8) is 0 Å². The van der Waals surface area contributed by atoms with Crippen LogP contribution in [0.25, 0.3) is 0 Å². The average Bonchev–Trinajstić information content (AvgIpc) is 2.94. The normalized spacial score (nSPS) is 15.8. The van der Waals surface area contributed by atoms with Gasteiger partial charge in [0.05, 0.1) is 13.2 Å². The lowest BCUT2D eigenvalue weighted by Crippen LogP contribution is -2.28. The minimum atomic E-state index is -4.56. The molecule has 11 nitrogen and oxygen atoms in total. The molecular weight excluding hydrogens is 531 g/mol. The van der Waals surface area contributed by atoms with Crippen LogP contribution in [-0.4, -0.2) is 73.1 Å². The van der Waals surface area contributed by atoms with Crippen LogP contribution in [0.1, 0.15) is 22.3 Å². The van der Waals surface area contributed by atoms with Gasteiger partial charge in [-0.1, -0.05) is 12.1 Å². The minimum Gasteiger partial charge on any atom is -0.491 e. The molecule has 4 heterocycles. The number of aromatic nitrogens is 3. The number of carbonyl (C=O) groups is 1. The van der Waals surface area contributed by atoms with Crippen molar-refractivity contribution in [1.82, 2.24) is 25.6 Å². The van der Waals surface area contributed by atoms with E-state index in [0.717, 1.165) is 18.5 Å². The van der Waals surface area contributed by atoms with Crippen molar-refractivity contribution in [1.29, 1.82) is 0 Å². The fourth-order valence-electron chi connectivity index (χ4n) is 3.53. The number of anilines is 3. The Morgan fingerprint density at radius 3 is 2.40 bits per heavy atom. The number of nitrogens with one attached hydrogen (secondary N) is 4. The Hall–Kier alpha value is -4.17. The molecule has 4 N–H and O–H groups in total. The molecule has 3 aliphatic heterocycles. The molecule has 6 rings (SSSR count). The summed E-state index contributed by atoms with van der Waals surface area (Å²) in [5.74, 6) is 0.430. The summed E-state index contributed by atoms with van der Waals surface area (Å²) in [6.45, 7) is 2.03. The molecule has 14 heteroatoms. The Balaban J connectivity index is 1.50. The van der Waals surface area contributed by atoms with Crippen molar-refractivity contribution in [2.75, 3.05) is 56.7 Å². The van der Waals surface area contributed by atoms with E-state index in [9.17, 15) is 18.0 Å². The van der Waals surface area contributed by atoms with E-state index in [1.807, 2.05) is 24.3 Å². The van der Waals surface area contributed by atoms with Gasteiger partial charge in [-0.3, -0.25) is 4.79 Å². The van der Waals surface area contributed by atoms with E-state index in [0.29, 0.717) is 49.9 Å². The highest BCUT2D eigenvalue weighted by atomic mass is 19.4. The van der Waals surface area contributed by atoms with Crippen LogP contribution in [-0.2, 0) is 11.3 Å². The molecule has 2 aromatic carbocycles. The number of carbonyl (C=O) groups excluding carboxylic acids is 1. The molecule has 1 aromatic heterocycles. The molecule has 0 unspecified atom stereocenters. The third kappa shape index (κ3) is 9.85. The SMILES string of the molecule is O=C1NCCCNCCOCCOc2ccc(cc2)CNc2nc(nc(OCC(F)(F)F)n2)Nc2ccc1cc2. The summed E-state index contributed by atoms with van der Waals surface area (Å²) in [6, 6.07) is 13.3. The number of nitrogens with zero attached hydrogens (tertiary/aromatic N) is 3. The molecule has 0 spiro atoms. The molecule has 3 aliphatic rings. The summed E-state index contributed by atoms with van der Waals surface area (Å²) >= 11 is 0. The zero-order valence-corrected chi connectivity index (χ0v) is 21.6. The molecule has 214 valence electrons. The number of ether oxygens (including phenoxy) is 3. The molecule has 1 amide bonds. The van der Waals surface area contributed by atoms with Crippen LogP contribution in [0, 0.1) is 0 Å². The number of fused-ring (bicyclic) bond motifs is 2. The summed E-state index contributed by atoms with van der Waals surface area (Å²) in [5, 5.41) is 12.0. The van der Waals surface area contributed by atoms with Gasteiger partial charge in [0.25, 0.3) is 5.91 Å². The second kappa shape index (κ2) is 14.3. The predicted molar refractivity (Wildman–Crippen MR) is 141 cm³/mol. The van der Waals surface area contributed by atoms with E-state index in [1.165, 1.54) is 0 Å². The van der Waals surface area contributed by atoms with Crippen LogP contribution >= 0.6 is 0 Å². The van der Waals surface area contributed by atoms with Gasteiger partial charge in [0.2, 0.25) is 11.9 Å². The van der Waals surface area contributed by atoms with Crippen molar-refractivity contribution >= 4 is 23.5 Å². The van der Waals surface area contributed by atoms with Crippen molar-refractivity contribution in [2.45, 2.75) is 19.1 Å². The maximum atomic E-state index is 12.7. The van der Waals surface area contributed by atoms with Crippen LogP contribution in [0.5, 0.6) is 11.8 Å². The Kier molecular flexibility index (Phi) is 10.3. The summed E-state index contributed by atoms with van der Waals surface area (Å²) in [4.78, 5) is 24.6. The number of hydrogen-bond acceptors (Lipinski definition) is 10. The summed E-state index contributed by atoms with van der Waals surface area (Å²) in [6.07, 6.45) is -3.81. The number of amides is 1. The third-order valence-electron chi connectivity index (χ3n) is 5.49. The molecule has 0 atom stereocenters. The zero-order valence-electron chi connectivity index (χ0n) is 21.6. The van der Waals surface area contributed by atoms with Crippen molar-refractivity contribution in [3.8, 4) is 11.8 Å². The van der Waals surface area contributed by atoms with Gasteiger partial charge in [0, 0.05) is 30.9 Å². The molecule has 6 bridgehead atoms. The van der Waals surface area contributed by atoms with Gasteiger partial charge in [-0.05, 0) is 54.9 Å². The fraction of sp³-hybridized carbons (Fsp3) is 0.385. The van der Waals surface area contributed by atoms with E-state index < -0.39 is 18.8 Å². The van der Waals surface area contributed by atoms with Gasteiger partial charge in [0.15, 0.2) is 6.61 Å². The topological polar surface area (TPSA) is 132 Å². The van der Waals surface area contributed by atoms with E-state index in [1.54, 1.807) is 24.3 Å². The van der Waals surface area contributed by atoms with Gasteiger partial charge in [0.1, 0.15) is 12.4 Å². The summed E-state index contributed by atoms with van der Waals surface area (Å²) in [5.41, 5.74) is 1.82. The molecule has 0 radical (unpaired) electrons. The monoisotopic (exact) mass is 561 g/mol. The van der Waals surface area contributed by atoms with E-state index in [-0.39, 0.29) is 24.3 Å².